The molecular weight excluding hydrogens is 174 g/mol. The summed E-state index contributed by atoms with van der Waals surface area (Å²) in [4.78, 5) is 6.46. The van der Waals surface area contributed by atoms with E-state index >= 15 is 0 Å². The van der Waals surface area contributed by atoms with E-state index in [-0.39, 0.29) is 0 Å². The molecule has 0 fully saturated rings. The molecule has 0 spiro atoms. The summed E-state index contributed by atoms with van der Waals surface area (Å²) in [5.41, 5.74) is 2.41. The third-order valence-corrected chi connectivity index (χ3v) is 2.69. The molecule has 0 bridgehead atoms. The van der Waals surface area contributed by atoms with Gasteiger partial charge in [0.2, 0.25) is 0 Å². The molecule has 0 radical (unpaired) electrons. The highest BCUT2D eigenvalue weighted by molar-refractivity contribution is 6.05. The van der Waals surface area contributed by atoms with Crippen molar-refractivity contribution in [1.29, 1.82) is 0 Å². The van der Waals surface area contributed by atoms with Gasteiger partial charge in [0.25, 0.3) is 0 Å². The first-order valence-corrected chi connectivity index (χ1v) is 4.79. The van der Waals surface area contributed by atoms with E-state index in [0.717, 1.165) is 5.84 Å². The van der Waals surface area contributed by atoms with E-state index in [1.807, 2.05) is 13.1 Å². The van der Waals surface area contributed by atoms with Crippen LogP contribution in [0.25, 0.3) is 0 Å². The van der Waals surface area contributed by atoms with Gasteiger partial charge in [0.1, 0.15) is 5.84 Å². The molecule has 0 aromatic heterocycles. The van der Waals surface area contributed by atoms with Crippen molar-refractivity contribution in [3.63, 3.8) is 0 Å². The number of hydrogen-bond donors (Lipinski definition) is 1. The van der Waals surface area contributed by atoms with Crippen LogP contribution in [0.15, 0.2) is 29.3 Å². The molecule has 3 nitrogen and oxygen atoms in total. The predicted octanol–water partition coefficient (Wildman–Crippen LogP) is 1.45. The Hall–Kier alpha value is -1.51. The standard InChI is InChI=1S/C11H15N3/c1-8-13-11(12-2)9-6-4-5-7-10(9)14(8)3/h4-8H,1-3H3,(H,12,13). The number of para-hydroxylation sites is 1. The minimum Gasteiger partial charge on any atom is -0.354 e. The third kappa shape index (κ3) is 1.25. The Balaban J connectivity index is 2.55. The molecular formula is C11H15N3. The second-order valence-electron chi connectivity index (χ2n) is 3.52. The number of rotatable bonds is 0. The van der Waals surface area contributed by atoms with E-state index in [0.29, 0.717) is 6.17 Å². The lowest BCUT2D eigenvalue weighted by Crippen LogP contribution is -2.49. The zero-order valence-electron chi connectivity index (χ0n) is 8.78. The lowest BCUT2D eigenvalue weighted by atomic mass is 10.1. The fourth-order valence-electron chi connectivity index (χ4n) is 1.75. The Bertz CT molecular complexity index is 371. The fraction of sp³-hybridized carbons (Fsp3) is 0.364. The molecule has 0 aliphatic carbocycles. The van der Waals surface area contributed by atoms with E-state index < -0.39 is 0 Å². The lowest BCUT2D eigenvalue weighted by Gasteiger charge is -2.35. The van der Waals surface area contributed by atoms with E-state index in [2.05, 4.69) is 47.4 Å². The Morgan fingerprint density at radius 1 is 1.36 bits per heavy atom. The first-order chi connectivity index (χ1) is 6.74. The van der Waals surface area contributed by atoms with Crippen molar-refractivity contribution >= 4 is 11.5 Å². The van der Waals surface area contributed by atoms with Gasteiger partial charge in [0.05, 0.1) is 6.17 Å². The molecule has 1 unspecified atom stereocenters. The van der Waals surface area contributed by atoms with Crippen LogP contribution in [0.1, 0.15) is 12.5 Å². The fourth-order valence-corrected chi connectivity index (χ4v) is 1.75. The van der Waals surface area contributed by atoms with Crippen LogP contribution >= 0.6 is 0 Å². The number of anilines is 1. The second-order valence-corrected chi connectivity index (χ2v) is 3.52. The Morgan fingerprint density at radius 3 is 2.79 bits per heavy atom. The van der Waals surface area contributed by atoms with Gasteiger partial charge in [-0.3, -0.25) is 4.99 Å². The molecule has 1 aliphatic rings. The molecule has 1 atom stereocenters. The van der Waals surface area contributed by atoms with Crippen LogP contribution in [-0.4, -0.2) is 26.1 Å². The van der Waals surface area contributed by atoms with Crippen LogP contribution in [0.3, 0.4) is 0 Å². The van der Waals surface area contributed by atoms with Gasteiger partial charge in [-0.1, -0.05) is 12.1 Å². The zero-order chi connectivity index (χ0) is 10.1. The lowest BCUT2D eigenvalue weighted by molar-refractivity contribution is 0.635. The number of hydrogen-bond acceptors (Lipinski definition) is 2. The van der Waals surface area contributed by atoms with Crippen LogP contribution in [0.5, 0.6) is 0 Å². The summed E-state index contributed by atoms with van der Waals surface area (Å²) in [6, 6.07) is 8.31. The third-order valence-electron chi connectivity index (χ3n) is 2.69. The van der Waals surface area contributed by atoms with Gasteiger partial charge < -0.3 is 10.2 Å². The minimum absolute atomic E-state index is 0.295. The van der Waals surface area contributed by atoms with E-state index in [9.17, 15) is 0 Å². The number of amidine groups is 1. The molecule has 0 saturated heterocycles. The summed E-state index contributed by atoms with van der Waals surface area (Å²) in [6.45, 7) is 2.13. The summed E-state index contributed by atoms with van der Waals surface area (Å²) in [6.07, 6.45) is 0.295. The molecule has 1 aromatic carbocycles. The summed E-state index contributed by atoms with van der Waals surface area (Å²) >= 11 is 0. The molecule has 1 aromatic rings. The first kappa shape index (κ1) is 9.06. The van der Waals surface area contributed by atoms with E-state index in [1.165, 1.54) is 11.3 Å². The van der Waals surface area contributed by atoms with Crippen LogP contribution in [-0.2, 0) is 0 Å². The summed E-state index contributed by atoms with van der Waals surface area (Å²) < 4.78 is 0. The van der Waals surface area contributed by atoms with E-state index in [4.69, 9.17) is 0 Å². The van der Waals surface area contributed by atoms with Crippen LogP contribution in [0, 0.1) is 0 Å². The average molecular weight is 189 g/mol. The molecule has 14 heavy (non-hydrogen) atoms. The van der Waals surface area contributed by atoms with Crippen LogP contribution in [0.4, 0.5) is 5.69 Å². The Morgan fingerprint density at radius 2 is 2.07 bits per heavy atom. The molecule has 0 amide bonds. The van der Waals surface area contributed by atoms with Gasteiger partial charge in [-0.25, -0.2) is 0 Å². The van der Waals surface area contributed by atoms with Crippen LogP contribution in [0.2, 0.25) is 0 Å². The molecule has 3 heteroatoms. The summed E-state index contributed by atoms with van der Waals surface area (Å²) in [5.74, 6) is 0.978. The number of benzene rings is 1. The maximum Gasteiger partial charge on any atom is 0.131 e. The Labute approximate surface area is 84.5 Å². The quantitative estimate of drug-likeness (QED) is 0.669. The maximum absolute atomic E-state index is 4.25. The highest BCUT2D eigenvalue weighted by Gasteiger charge is 2.22. The highest BCUT2D eigenvalue weighted by atomic mass is 15.3. The molecule has 74 valence electrons. The number of nitrogens with zero attached hydrogens (tertiary/aromatic N) is 2. The Kier molecular flexibility index (Phi) is 2.15. The number of aliphatic imine (C=N–C) groups is 1. The highest BCUT2D eigenvalue weighted by Crippen LogP contribution is 2.24. The largest absolute Gasteiger partial charge is 0.354 e. The van der Waals surface area contributed by atoms with Crippen molar-refractivity contribution in [2.75, 3.05) is 19.0 Å². The maximum atomic E-state index is 4.25. The molecule has 1 heterocycles. The zero-order valence-corrected chi connectivity index (χ0v) is 8.78. The van der Waals surface area contributed by atoms with Crippen molar-refractivity contribution in [2.45, 2.75) is 13.1 Å². The number of fused-ring (bicyclic) bond motifs is 1. The number of nitrogens with one attached hydrogen (secondary N) is 1. The van der Waals surface area contributed by atoms with Gasteiger partial charge in [0, 0.05) is 25.3 Å². The van der Waals surface area contributed by atoms with Crippen molar-refractivity contribution < 1.29 is 0 Å². The summed E-state index contributed by atoms with van der Waals surface area (Å²) in [5, 5.41) is 3.35. The normalized spacial score (nSPS) is 23.2. The van der Waals surface area contributed by atoms with Crippen molar-refractivity contribution in [3.8, 4) is 0 Å². The molecule has 1 aliphatic heterocycles. The first-order valence-electron chi connectivity index (χ1n) is 4.79. The van der Waals surface area contributed by atoms with Crippen molar-refractivity contribution in [3.05, 3.63) is 29.8 Å². The predicted molar refractivity (Wildman–Crippen MR) is 59.9 cm³/mol. The van der Waals surface area contributed by atoms with Crippen molar-refractivity contribution in [2.24, 2.45) is 4.99 Å². The van der Waals surface area contributed by atoms with Gasteiger partial charge in [0.15, 0.2) is 0 Å². The van der Waals surface area contributed by atoms with Gasteiger partial charge in [-0.2, -0.15) is 0 Å². The van der Waals surface area contributed by atoms with Gasteiger partial charge >= 0.3 is 0 Å². The molecule has 2 rings (SSSR count). The van der Waals surface area contributed by atoms with Crippen LogP contribution < -0.4 is 10.2 Å². The smallest absolute Gasteiger partial charge is 0.131 e. The summed E-state index contributed by atoms with van der Waals surface area (Å²) in [7, 11) is 3.90. The molecule has 0 saturated carbocycles. The van der Waals surface area contributed by atoms with Gasteiger partial charge in [-0.05, 0) is 19.1 Å². The SMILES string of the molecule is CN=C1NC(C)N(C)c2ccccc21. The second kappa shape index (κ2) is 3.33. The van der Waals surface area contributed by atoms with E-state index in [1.54, 1.807) is 0 Å². The molecule has 1 N–H and O–H groups in total. The monoisotopic (exact) mass is 189 g/mol. The minimum atomic E-state index is 0.295. The average Bonchev–Trinajstić information content (AvgIpc) is 2.23. The van der Waals surface area contributed by atoms with Crippen molar-refractivity contribution in [1.82, 2.24) is 5.32 Å². The topological polar surface area (TPSA) is 27.6 Å². The van der Waals surface area contributed by atoms with Gasteiger partial charge in [-0.15, -0.1) is 0 Å².